The van der Waals surface area contributed by atoms with E-state index in [4.69, 9.17) is 5.73 Å². The van der Waals surface area contributed by atoms with Gasteiger partial charge in [0.15, 0.2) is 0 Å². The molecule has 0 amide bonds. The fraction of sp³-hybridized carbons (Fsp3) is 0.438. The summed E-state index contributed by atoms with van der Waals surface area (Å²) in [6, 6.07) is 8.82. The van der Waals surface area contributed by atoms with Crippen molar-refractivity contribution in [2.75, 3.05) is 13.1 Å². The molecule has 0 unspecified atom stereocenters. The number of benzene rings is 1. The number of hydrogen-bond donors (Lipinski definition) is 1. The molecule has 0 aliphatic carbocycles. The second kappa shape index (κ2) is 5.95. The van der Waals surface area contributed by atoms with Crippen LogP contribution in [0.25, 0.3) is 10.9 Å². The van der Waals surface area contributed by atoms with Gasteiger partial charge in [-0.2, -0.15) is 4.31 Å². The molecule has 2 atom stereocenters. The summed E-state index contributed by atoms with van der Waals surface area (Å²) in [5, 5.41) is 0.831. The Balaban J connectivity index is 2.12. The lowest BCUT2D eigenvalue weighted by atomic mass is 9.93. The van der Waals surface area contributed by atoms with Crippen molar-refractivity contribution in [1.82, 2.24) is 9.29 Å². The molecule has 0 saturated carbocycles. The number of nitrogens with two attached hydrogens (primary N) is 1. The van der Waals surface area contributed by atoms with E-state index >= 15 is 0 Å². The first-order valence-electron chi connectivity index (χ1n) is 7.61. The molecule has 2 N–H and O–H groups in total. The Labute approximate surface area is 131 Å². The molecular formula is C16H21N3O2S. The molecule has 2 aromatic rings. The molecule has 1 aliphatic heterocycles. The van der Waals surface area contributed by atoms with E-state index in [0.29, 0.717) is 18.6 Å². The molecule has 6 heteroatoms. The van der Waals surface area contributed by atoms with E-state index in [9.17, 15) is 8.42 Å². The standard InChI is InChI=1S/C16H21N3O2S/c1-12-5-4-10-19(14(12)11-17)22(20,21)15-8-2-6-13-7-3-9-18-16(13)15/h2-3,6-9,12,14H,4-5,10-11,17H2,1H3/t12-,14-/m0/s1. The summed E-state index contributed by atoms with van der Waals surface area (Å²) in [5.74, 6) is 0.275. The van der Waals surface area contributed by atoms with Crippen LogP contribution in [-0.4, -0.2) is 36.8 Å². The molecular weight excluding hydrogens is 298 g/mol. The van der Waals surface area contributed by atoms with Gasteiger partial charge in [0.25, 0.3) is 0 Å². The van der Waals surface area contributed by atoms with E-state index in [1.807, 2.05) is 18.2 Å². The molecule has 1 aliphatic rings. The SMILES string of the molecule is C[C@H]1CCCN(S(=O)(=O)c2cccc3cccnc23)[C@H]1CN. The van der Waals surface area contributed by atoms with Crippen molar-refractivity contribution in [3.8, 4) is 0 Å². The molecule has 2 heterocycles. The Morgan fingerprint density at radius 2 is 2.09 bits per heavy atom. The van der Waals surface area contributed by atoms with E-state index in [-0.39, 0.29) is 16.9 Å². The van der Waals surface area contributed by atoms with Crippen LogP contribution in [0.5, 0.6) is 0 Å². The second-order valence-electron chi connectivity index (χ2n) is 5.87. The number of pyridine rings is 1. The van der Waals surface area contributed by atoms with Crippen molar-refractivity contribution < 1.29 is 8.42 Å². The molecule has 1 aromatic carbocycles. The van der Waals surface area contributed by atoms with Crippen LogP contribution in [0.1, 0.15) is 19.8 Å². The van der Waals surface area contributed by atoms with Gasteiger partial charge in [-0.25, -0.2) is 8.42 Å². The summed E-state index contributed by atoms with van der Waals surface area (Å²) in [7, 11) is -3.59. The van der Waals surface area contributed by atoms with Gasteiger partial charge in [0.1, 0.15) is 4.90 Å². The highest BCUT2D eigenvalue weighted by Crippen LogP contribution is 2.31. The first-order chi connectivity index (χ1) is 10.6. The number of sulfonamides is 1. The van der Waals surface area contributed by atoms with Crippen LogP contribution in [0.15, 0.2) is 41.4 Å². The summed E-state index contributed by atoms with van der Waals surface area (Å²) < 4.78 is 27.9. The van der Waals surface area contributed by atoms with Crippen molar-refractivity contribution in [2.24, 2.45) is 11.7 Å². The number of nitrogens with zero attached hydrogens (tertiary/aromatic N) is 2. The predicted octanol–water partition coefficient (Wildman–Crippen LogP) is 1.98. The van der Waals surface area contributed by atoms with Gasteiger partial charge in [-0.1, -0.05) is 25.1 Å². The summed E-state index contributed by atoms with van der Waals surface area (Å²) in [4.78, 5) is 4.55. The van der Waals surface area contributed by atoms with Crippen LogP contribution in [0.3, 0.4) is 0 Å². The number of rotatable bonds is 3. The third-order valence-electron chi connectivity index (χ3n) is 4.49. The highest BCUT2D eigenvalue weighted by Gasteiger charge is 2.37. The van der Waals surface area contributed by atoms with Gasteiger partial charge in [-0.3, -0.25) is 4.98 Å². The van der Waals surface area contributed by atoms with Crippen molar-refractivity contribution in [3.63, 3.8) is 0 Å². The number of para-hydroxylation sites is 1. The van der Waals surface area contributed by atoms with Crippen LogP contribution < -0.4 is 5.73 Å². The lowest BCUT2D eigenvalue weighted by Crippen LogP contribution is -2.51. The molecule has 3 rings (SSSR count). The second-order valence-corrected chi connectivity index (χ2v) is 7.73. The summed E-state index contributed by atoms with van der Waals surface area (Å²) in [6.45, 7) is 2.94. The zero-order valence-electron chi connectivity index (χ0n) is 12.6. The summed E-state index contributed by atoms with van der Waals surface area (Å²) in [5.41, 5.74) is 6.38. The van der Waals surface area contributed by atoms with Crippen molar-refractivity contribution in [3.05, 3.63) is 36.5 Å². The third kappa shape index (κ3) is 2.51. The summed E-state index contributed by atoms with van der Waals surface area (Å²) >= 11 is 0. The topological polar surface area (TPSA) is 76.3 Å². The maximum atomic E-state index is 13.1. The molecule has 0 spiro atoms. The average molecular weight is 319 g/mol. The van der Waals surface area contributed by atoms with Crippen LogP contribution in [-0.2, 0) is 10.0 Å². The van der Waals surface area contributed by atoms with Gasteiger partial charge in [-0.15, -0.1) is 0 Å². The van der Waals surface area contributed by atoms with Crippen molar-refractivity contribution in [1.29, 1.82) is 0 Å². The third-order valence-corrected chi connectivity index (χ3v) is 6.44. The lowest BCUT2D eigenvalue weighted by Gasteiger charge is -2.38. The minimum absolute atomic E-state index is 0.141. The van der Waals surface area contributed by atoms with Crippen LogP contribution in [0.2, 0.25) is 0 Å². The Morgan fingerprint density at radius 1 is 1.32 bits per heavy atom. The monoisotopic (exact) mass is 319 g/mol. The lowest BCUT2D eigenvalue weighted by molar-refractivity contribution is 0.192. The molecule has 22 heavy (non-hydrogen) atoms. The van der Waals surface area contributed by atoms with Gasteiger partial charge >= 0.3 is 0 Å². The smallest absolute Gasteiger partial charge is 0.245 e. The first-order valence-corrected chi connectivity index (χ1v) is 9.05. The maximum Gasteiger partial charge on any atom is 0.245 e. The Morgan fingerprint density at radius 3 is 2.86 bits per heavy atom. The van der Waals surface area contributed by atoms with Gasteiger partial charge in [0, 0.05) is 30.7 Å². The Hall–Kier alpha value is -1.50. The Bertz CT molecular complexity index is 771. The maximum absolute atomic E-state index is 13.1. The van der Waals surface area contributed by atoms with E-state index in [2.05, 4.69) is 11.9 Å². The highest BCUT2D eigenvalue weighted by atomic mass is 32.2. The van der Waals surface area contributed by atoms with E-state index < -0.39 is 10.0 Å². The zero-order valence-corrected chi connectivity index (χ0v) is 13.5. The van der Waals surface area contributed by atoms with Crippen LogP contribution in [0.4, 0.5) is 0 Å². The average Bonchev–Trinajstić information content (AvgIpc) is 2.54. The van der Waals surface area contributed by atoms with Gasteiger partial charge < -0.3 is 5.73 Å². The molecule has 0 bridgehead atoms. The van der Waals surface area contributed by atoms with Gasteiger partial charge in [0.2, 0.25) is 10.0 Å². The quantitative estimate of drug-likeness (QED) is 0.938. The van der Waals surface area contributed by atoms with Crippen molar-refractivity contribution in [2.45, 2.75) is 30.7 Å². The minimum atomic E-state index is -3.59. The molecule has 5 nitrogen and oxygen atoms in total. The number of hydrogen-bond acceptors (Lipinski definition) is 4. The Kier molecular flexibility index (Phi) is 4.16. The largest absolute Gasteiger partial charge is 0.329 e. The predicted molar refractivity (Wildman–Crippen MR) is 86.9 cm³/mol. The highest BCUT2D eigenvalue weighted by molar-refractivity contribution is 7.89. The zero-order chi connectivity index (χ0) is 15.7. The normalized spacial score (nSPS) is 23.7. The number of piperidine rings is 1. The molecule has 1 fully saturated rings. The fourth-order valence-electron chi connectivity index (χ4n) is 3.27. The summed E-state index contributed by atoms with van der Waals surface area (Å²) in [6.07, 6.45) is 3.51. The molecule has 118 valence electrons. The van der Waals surface area contributed by atoms with Gasteiger partial charge in [0.05, 0.1) is 5.52 Å². The van der Waals surface area contributed by atoms with Crippen LogP contribution in [0, 0.1) is 5.92 Å². The van der Waals surface area contributed by atoms with E-state index in [0.717, 1.165) is 18.2 Å². The number of fused-ring (bicyclic) bond motifs is 1. The fourth-order valence-corrected chi connectivity index (χ4v) is 5.21. The molecule has 1 aromatic heterocycles. The molecule has 0 radical (unpaired) electrons. The van der Waals surface area contributed by atoms with Crippen molar-refractivity contribution >= 4 is 20.9 Å². The molecule has 1 saturated heterocycles. The minimum Gasteiger partial charge on any atom is -0.329 e. The van der Waals surface area contributed by atoms with Gasteiger partial charge in [-0.05, 0) is 30.9 Å². The first kappa shape index (κ1) is 15.4. The number of aromatic nitrogens is 1. The van der Waals surface area contributed by atoms with E-state index in [1.165, 1.54) is 0 Å². The van der Waals surface area contributed by atoms with Crippen LogP contribution >= 0.6 is 0 Å². The van der Waals surface area contributed by atoms with E-state index in [1.54, 1.807) is 22.6 Å².